The number of ether oxygens (including phenoxy) is 1. The molecule has 0 radical (unpaired) electrons. The maximum atomic E-state index is 14.3. The lowest BCUT2D eigenvalue weighted by Gasteiger charge is -2.36. The number of aromatic nitrogens is 3. The number of anilines is 1. The first-order valence-electron chi connectivity index (χ1n) is 14.4. The third-order valence-electron chi connectivity index (χ3n) is 8.49. The number of aromatic carboxylic acids is 1. The Morgan fingerprint density at radius 1 is 1.17 bits per heavy atom. The van der Waals surface area contributed by atoms with E-state index in [1.165, 1.54) is 6.07 Å². The summed E-state index contributed by atoms with van der Waals surface area (Å²) in [5.41, 5.74) is 3.68. The van der Waals surface area contributed by atoms with Gasteiger partial charge in [0.2, 0.25) is 0 Å². The number of carbonyl (C=O) groups is 1. The van der Waals surface area contributed by atoms with Gasteiger partial charge in [0.15, 0.2) is 0 Å². The Balaban J connectivity index is 1.13. The fraction of sp³-hybridized carbons (Fsp3) is 0.375. The van der Waals surface area contributed by atoms with Gasteiger partial charge in [-0.05, 0) is 81.7 Å². The Labute approximate surface area is 243 Å². The lowest BCUT2D eigenvalue weighted by Crippen LogP contribution is -2.37. The van der Waals surface area contributed by atoms with Crippen LogP contribution in [0.1, 0.15) is 71.1 Å². The maximum Gasteiger partial charge on any atom is 0.335 e. The number of rotatable bonds is 9. The number of nitrogens with one attached hydrogen (secondary N) is 1. The second-order valence-electron chi connectivity index (χ2n) is 11.1. The fourth-order valence-electron chi connectivity index (χ4n) is 5.89. The van der Waals surface area contributed by atoms with Crippen molar-refractivity contribution in [3.63, 3.8) is 0 Å². The molecule has 42 heavy (non-hydrogen) atoms. The van der Waals surface area contributed by atoms with Crippen LogP contribution in [-0.4, -0.2) is 56.3 Å². The molecule has 2 atom stereocenters. The lowest BCUT2D eigenvalue weighted by atomic mass is 9.92. The molecule has 0 aliphatic carbocycles. The Morgan fingerprint density at radius 2 is 1.98 bits per heavy atom. The van der Waals surface area contributed by atoms with E-state index in [2.05, 4.69) is 27.8 Å². The molecule has 2 fully saturated rings. The highest BCUT2D eigenvalue weighted by Gasteiger charge is 2.30. The summed E-state index contributed by atoms with van der Waals surface area (Å²) in [5.74, 6) is 0.577. The molecule has 6 rings (SSSR count). The Morgan fingerprint density at radius 3 is 2.67 bits per heavy atom. The van der Waals surface area contributed by atoms with Crippen LogP contribution in [0.3, 0.4) is 0 Å². The van der Waals surface area contributed by atoms with Gasteiger partial charge < -0.3 is 19.7 Å². The van der Waals surface area contributed by atoms with Crippen molar-refractivity contribution in [2.24, 2.45) is 0 Å². The summed E-state index contributed by atoms with van der Waals surface area (Å²) in [6.07, 6.45) is 2.99. The lowest BCUT2D eigenvalue weighted by molar-refractivity contribution is -0.0594. The van der Waals surface area contributed by atoms with Gasteiger partial charge in [0.25, 0.3) is 0 Å². The number of pyridine rings is 1. The molecule has 2 aliphatic heterocycles. The normalized spacial score (nSPS) is 18.4. The molecule has 2 saturated heterocycles. The monoisotopic (exact) mass is 568 g/mol. The number of carboxylic acid groups (broad SMARTS) is 1. The summed E-state index contributed by atoms with van der Waals surface area (Å²) in [6.45, 7) is 5.63. The van der Waals surface area contributed by atoms with Crippen molar-refractivity contribution in [2.75, 3.05) is 25.0 Å². The van der Waals surface area contributed by atoms with Crippen LogP contribution in [-0.2, 0) is 17.8 Å². The summed E-state index contributed by atoms with van der Waals surface area (Å²) < 4.78 is 22.2. The first-order chi connectivity index (χ1) is 20.4. The summed E-state index contributed by atoms with van der Waals surface area (Å²) in [5, 5.41) is 21.7. The zero-order valence-corrected chi connectivity index (χ0v) is 23.5. The molecule has 2 aromatic heterocycles. The van der Waals surface area contributed by atoms with Crippen molar-refractivity contribution in [3.05, 3.63) is 88.6 Å². The van der Waals surface area contributed by atoms with E-state index in [9.17, 15) is 14.3 Å². The molecule has 2 N–H and O–H groups in total. The molecule has 9 nitrogen and oxygen atoms in total. The smallest absolute Gasteiger partial charge is 0.335 e. The van der Waals surface area contributed by atoms with Gasteiger partial charge in [0, 0.05) is 30.3 Å². The number of nitrogens with zero attached hydrogens (tertiary/aromatic N) is 5. The van der Waals surface area contributed by atoms with Crippen LogP contribution in [0, 0.1) is 17.1 Å². The summed E-state index contributed by atoms with van der Waals surface area (Å²) >= 11 is 0. The van der Waals surface area contributed by atoms with Crippen LogP contribution in [0.15, 0.2) is 54.6 Å². The number of fused-ring (bicyclic) bond motifs is 1. The summed E-state index contributed by atoms with van der Waals surface area (Å²) in [6, 6.07) is 17.5. The van der Waals surface area contributed by atoms with E-state index in [0.29, 0.717) is 29.4 Å². The predicted octanol–water partition coefficient (Wildman–Crippen LogP) is 5.48. The van der Waals surface area contributed by atoms with Crippen molar-refractivity contribution in [1.82, 2.24) is 19.4 Å². The van der Waals surface area contributed by atoms with Gasteiger partial charge >= 0.3 is 5.97 Å². The average Bonchev–Trinajstić information content (AvgIpc) is 3.35. The zero-order valence-electron chi connectivity index (χ0n) is 23.5. The molecule has 2 aromatic carbocycles. The highest BCUT2D eigenvalue weighted by atomic mass is 19.1. The van der Waals surface area contributed by atoms with E-state index in [1.807, 2.05) is 18.2 Å². The van der Waals surface area contributed by atoms with Crippen LogP contribution in [0.4, 0.5) is 10.2 Å². The van der Waals surface area contributed by atoms with Crippen molar-refractivity contribution >= 4 is 22.8 Å². The number of piperidine rings is 1. The molecule has 0 bridgehead atoms. The predicted molar refractivity (Wildman–Crippen MR) is 156 cm³/mol. The molecule has 0 spiro atoms. The summed E-state index contributed by atoms with van der Waals surface area (Å²) in [7, 11) is 0. The maximum absolute atomic E-state index is 14.3. The van der Waals surface area contributed by atoms with Crippen LogP contribution in [0.2, 0.25) is 0 Å². The number of halogens is 1. The van der Waals surface area contributed by atoms with Crippen LogP contribution in [0.5, 0.6) is 0 Å². The number of imidazole rings is 1. The van der Waals surface area contributed by atoms with Gasteiger partial charge in [0.05, 0.1) is 46.9 Å². The molecule has 4 aromatic rings. The molecular weight excluding hydrogens is 535 g/mol. The van der Waals surface area contributed by atoms with Gasteiger partial charge in [0.1, 0.15) is 17.5 Å². The van der Waals surface area contributed by atoms with E-state index in [0.717, 1.165) is 61.5 Å². The second kappa shape index (κ2) is 11.9. The quantitative estimate of drug-likeness (QED) is 0.273. The number of carboxylic acids is 1. The average molecular weight is 569 g/mol. The van der Waals surface area contributed by atoms with Crippen LogP contribution >= 0.6 is 0 Å². The minimum atomic E-state index is -0.949. The van der Waals surface area contributed by atoms with Gasteiger partial charge in [-0.25, -0.2) is 19.2 Å². The second-order valence-corrected chi connectivity index (χ2v) is 11.1. The third-order valence-corrected chi connectivity index (χ3v) is 8.49. The molecule has 0 amide bonds. The van der Waals surface area contributed by atoms with Crippen LogP contribution in [0.25, 0.3) is 11.0 Å². The van der Waals surface area contributed by atoms with Gasteiger partial charge in [-0.1, -0.05) is 12.1 Å². The highest BCUT2D eigenvalue weighted by Crippen LogP contribution is 2.33. The van der Waals surface area contributed by atoms with Crippen LogP contribution < -0.4 is 5.32 Å². The first kappa shape index (κ1) is 27.8. The van der Waals surface area contributed by atoms with Crippen molar-refractivity contribution < 1.29 is 19.0 Å². The zero-order chi connectivity index (χ0) is 29.2. The number of hydrogen-bond donors (Lipinski definition) is 2. The van der Waals surface area contributed by atoms with E-state index < -0.39 is 11.8 Å². The van der Waals surface area contributed by atoms with Gasteiger partial charge in [-0.3, -0.25) is 4.90 Å². The minimum absolute atomic E-state index is 0.0509. The number of benzene rings is 2. The third kappa shape index (κ3) is 5.71. The summed E-state index contributed by atoms with van der Waals surface area (Å²) in [4.78, 5) is 23.9. The topological polar surface area (TPSA) is 116 Å². The van der Waals surface area contributed by atoms with Gasteiger partial charge in [-0.15, -0.1) is 0 Å². The number of nitriles is 1. The largest absolute Gasteiger partial charge is 0.478 e. The molecule has 10 heteroatoms. The molecule has 0 saturated carbocycles. The van der Waals surface area contributed by atoms with Gasteiger partial charge in [-0.2, -0.15) is 5.26 Å². The molecular formula is C32H33FN6O3. The van der Waals surface area contributed by atoms with E-state index in [4.69, 9.17) is 20.0 Å². The van der Waals surface area contributed by atoms with E-state index in [1.54, 1.807) is 30.3 Å². The van der Waals surface area contributed by atoms with Crippen molar-refractivity contribution in [3.8, 4) is 6.07 Å². The number of likely N-dealkylation sites (tertiary alicyclic amines) is 1. The molecule has 1 unspecified atom stereocenters. The molecule has 4 heterocycles. The van der Waals surface area contributed by atoms with E-state index in [-0.39, 0.29) is 24.3 Å². The van der Waals surface area contributed by atoms with E-state index >= 15 is 0 Å². The Bertz CT molecular complexity index is 1650. The fourth-order valence-corrected chi connectivity index (χ4v) is 5.89. The highest BCUT2D eigenvalue weighted by molar-refractivity contribution is 5.92. The standard InChI is InChI=1S/C32H33FN6O3/c1-20(31-37-28-8-7-23(32(40)41)16-29(28)39(31)19-25-11-14-42-25)38-12-9-22(10-13-38)27-3-2-4-30(36-27)35-18-24-6-5-21(17-34)15-26(24)33/h2-8,15-16,20,22,25H,9-14,18-19H2,1H3,(H,35,36)(H,40,41)/t20?,25-/m0/s1. The molecule has 216 valence electrons. The van der Waals surface area contributed by atoms with Crippen molar-refractivity contribution in [1.29, 1.82) is 5.26 Å². The Kier molecular flexibility index (Phi) is 7.87. The number of hydrogen-bond acceptors (Lipinski definition) is 7. The molecule has 2 aliphatic rings. The first-order valence-corrected chi connectivity index (χ1v) is 14.4. The Hall–Kier alpha value is -4.33. The minimum Gasteiger partial charge on any atom is -0.478 e. The SMILES string of the molecule is CC(c1nc2ccc(C(=O)O)cc2n1C[C@@H]1CCO1)N1CCC(c2cccc(NCc3ccc(C#N)cc3F)n2)CC1. The van der Waals surface area contributed by atoms with Crippen molar-refractivity contribution in [2.45, 2.75) is 57.3 Å².